The minimum atomic E-state index is -1.62. The number of primary amides is 3. The molecule has 0 bridgehead atoms. The third-order valence-electron chi connectivity index (χ3n) is 8.97. The van der Waals surface area contributed by atoms with Gasteiger partial charge >= 0.3 is 5.97 Å². The molecule has 1 aromatic rings. The Kier molecular flexibility index (Phi) is 19.9. The molecule has 1 aliphatic rings. The Morgan fingerprint density at radius 3 is 1.66 bits per heavy atom. The molecule has 1 aromatic carbocycles. The zero-order chi connectivity index (χ0) is 44.2. The number of aliphatic hydroxyl groups excluding tert-OH is 1. The van der Waals surface area contributed by atoms with Gasteiger partial charge in [-0.25, -0.2) is 4.79 Å². The second kappa shape index (κ2) is 24.2. The molecular formula is C36H52N10O13. The van der Waals surface area contributed by atoms with E-state index in [1.165, 1.54) is 0 Å². The van der Waals surface area contributed by atoms with Crippen LogP contribution >= 0.6 is 0 Å². The van der Waals surface area contributed by atoms with Crippen molar-refractivity contribution in [2.24, 2.45) is 17.2 Å². The van der Waals surface area contributed by atoms with Crippen LogP contribution in [0.5, 0.6) is 0 Å². The normalized spacial score (nSPS) is 15.8. The quantitative estimate of drug-likeness (QED) is 0.0439. The number of likely N-dealkylation sites (tertiary alicyclic amines) is 1. The van der Waals surface area contributed by atoms with Crippen molar-refractivity contribution in [3.63, 3.8) is 0 Å². The highest BCUT2D eigenvalue weighted by Crippen LogP contribution is 2.20. The van der Waals surface area contributed by atoms with Gasteiger partial charge in [-0.3, -0.25) is 47.9 Å². The number of nitrogens with zero attached hydrogens (tertiary/aromatic N) is 1. The number of amides is 10. The lowest BCUT2D eigenvalue weighted by atomic mass is 10.0. The molecule has 23 heteroatoms. The number of hydrogen-bond acceptors (Lipinski definition) is 12. The van der Waals surface area contributed by atoms with Crippen molar-refractivity contribution < 1.29 is 63.0 Å². The van der Waals surface area contributed by atoms with E-state index in [1.807, 2.05) is 0 Å². The molecule has 0 saturated carbocycles. The lowest BCUT2D eigenvalue weighted by molar-refractivity contribution is -0.143. The van der Waals surface area contributed by atoms with Crippen molar-refractivity contribution in [3.8, 4) is 0 Å². The van der Waals surface area contributed by atoms with Gasteiger partial charge in [0.05, 0.1) is 13.2 Å². The molecule has 1 fully saturated rings. The molecule has 2 rings (SSSR count). The van der Waals surface area contributed by atoms with E-state index < -0.39 is 147 Å². The van der Waals surface area contributed by atoms with Gasteiger partial charge in [0.15, 0.2) is 0 Å². The Labute approximate surface area is 338 Å². The zero-order valence-electron chi connectivity index (χ0n) is 32.4. The summed E-state index contributed by atoms with van der Waals surface area (Å²) >= 11 is 0. The first-order chi connectivity index (χ1) is 27.8. The molecule has 14 N–H and O–H groups in total. The summed E-state index contributed by atoms with van der Waals surface area (Å²) in [4.78, 5) is 139. The van der Waals surface area contributed by atoms with Crippen molar-refractivity contribution >= 4 is 65.0 Å². The molecule has 324 valence electrons. The highest BCUT2D eigenvalue weighted by Gasteiger charge is 2.39. The van der Waals surface area contributed by atoms with Crippen molar-refractivity contribution in [1.82, 2.24) is 36.8 Å². The number of carboxylic acids is 1. The highest BCUT2D eigenvalue weighted by molar-refractivity contribution is 5.97. The smallest absolute Gasteiger partial charge is 0.326 e. The minimum Gasteiger partial charge on any atom is -0.480 e. The van der Waals surface area contributed by atoms with Crippen molar-refractivity contribution in [2.45, 2.75) is 101 Å². The van der Waals surface area contributed by atoms with Crippen LogP contribution in [0.1, 0.15) is 63.9 Å². The molecule has 10 amide bonds. The lowest BCUT2D eigenvalue weighted by Gasteiger charge is -2.30. The van der Waals surface area contributed by atoms with E-state index in [9.17, 15) is 63.0 Å². The first kappa shape index (κ1) is 48.5. The summed E-state index contributed by atoms with van der Waals surface area (Å²) in [5.41, 5.74) is 16.5. The molecule has 23 nitrogen and oxygen atoms in total. The first-order valence-electron chi connectivity index (χ1n) is 18.6. The summed E-state index contributed by atoms with van der Waals surface area (Å²) < 4.78 is 0. The zero-order valence-corrected chi connectivity index (χ0v) is 32.4. The Bertz CT molecular complexity index is 1730. The van der Waals surface area contributed by atoms with Crippen LogP contribution < -0.4 is 49.1 Å². The number of aliphatic hydroxyl groups is 1. The van der Waals surface area contributed by atoms with Gasteiger partial charge in [0.25, 0.3) is 0 Å². The van der Waals surface area contributed by atoms with Gasteiger partial charge in [-0.2, -0.15) is 0 Å². The number of hydrogen-bond donors (Lipinski definition) is 11. The Morgan fingerprint density at radius 2 is 1.19 bits per heavy atom. The fourth-order valence-electron chi connectivity index (χ4n) is 5.99. The van der Waals surface area contributed by atoms with E-state index in [0.717, 1.165) is 11.8 Å². The van der Waals surface area contributed by atoms with E-state index in [2.05, 4.69) is 31.9 Å². The van der Waals surface area contributed by atoms with Crippen LogP contribution in [0.3, 0.4) is 0 Å². The second-order valence-electron chi connectivity index (χ2n) is 13.7. The molecular weight excluding hydrogens is 780 g/mol. The maximum absolute atomic E-state index is 13.9. The summed E-state index contributed by atoms with van der Waals surface area (Å²) in [6.07, 6.45) is -2.10. The molecule has 59 heavy (non-hydrogen) atoms. The number of benzene rings is 1. The van der Waals surface area contributed by atoms with Gasteiger partial charge in [-0.05, 0) is 37.7 Å². The van der Waals surface area contributed by atoms with Gasteiger partial charge in [-0.15, -0.1) is 0 Å². The van der Waals surface area contributed by atoms with E-state index in [0.29, 0.717) is 12.0 Å². The summed E-state index contributed by atoms with van der Waals surface area (Å²) in [6, 6.07) is -0.134. The van der Waals surface area contributed by atoms with Gasteiger partial charge in [0.2, 0.25) is 59.1 Å². The molecule has 1 heterocycles. The number of nitrogens with two attached hydrogens (primary N) is 3. The van der Waals surface area contributed by atoms with Gasteiger partial charge < -0.3 is 64.2 Å². The van der Waals surface area contributed by atoms with Crippen LogP contribution in [0.4, 0.5) is 0 Å². The highest BCUT2D eigenvalue weighted by atomic mass is 16.4. The second-order valence-corrected chi connectivity index (χ2v) is 13.7. The number of aliphatic carboxylic acids is 1. The third kappa shape index (κ3) is 17.2. The van der Waals surface area contributed by atoms with Crippen molar-refractivity contribution in [1.29, 1.82) is 0 Å². The molecule has 0 aromatic heterocycles. The van der Waals surface area contributed by atoms with Crippen LogP contribution in [-0.4, -0.2) is 136 Å². The predicted molar refractivity (Wildman–Crippen MR) is 203 cm³/mol. The molecule has 0 radical (unpaired) electrons. The fourth-order valence-corrected chi connectivity index (χ4v) is 5.99. The van der Waals surface area contributed by atoms with E-state index in [-0.39, 0.29) is 25.8 Å². The molecule has 1 saturated heterocycles. The summed E-state index contributed by atoms with van der Waals surface area (Å²) in [5, 5.41) is 33.1. The van der Waals surface area contributed by atoms with Crippen LogP contribution in [0.2, 0.25) is 0 Å². The van der Waals surface area contributed by atoms with E-state index >= 15 is 0 Å². The van der Waals surface area contributed by atoms with Gasteiger partial charge in [-0.1, -0.05) is 30.3 Å². The summed E-state index contributed by atoms with van der Waals surface area (Å²) in [5.74, 6) is -10.2. The van der Waals surface area contributed by atoms with Crippen LogP contribution in [0.15, 0.2) is 30.3 Å². The molecule has 6 atom stereocenters. The topological polar surface area (TPSA) is 382 Å². The molecule has 0 unspecified atom stereocenters. The monoisotopic (exact) mass is 832 g/mol. The van der Waals surface area contributed by atoms with E-state index in [1.54, 1.807) is 30.3 Å². The maximum atomic E-state index is 13.9. The van der Waals surface area contributed by atoms with E-state index in [4.69, 9.17) is 17.2 Å². The van der Waals surface area contributed by atoms with Crippen molar-refractivity contribution in [2.75, 3.05) is 19.7 Å². The third-order valence-corrected chi connectivity index (χ3v) is 8.97. The molecule has 0 aliphatic carbocycles. The van der Waals surface area contributed by atoms with Crippen LogP contribution in [0, 0.1) is 0 Å². The Morgan fingerprint density at radius 1 is 0.695 bits per heavy atom. The lowest BCUT2D eigenvalue weighted by Crippen LogP contribution is -2.59. The number of rotatable bonds is 25. The summed E-state index contributed by atoms with van der Waals surface area (Å²) in [7, 11) is 0. The SMILES string of the molecule is CC(=O)N[C@@H](CO)C(=O)N[C@@H](CCC(N)=O)C(=O)N[C@@H](CCC(N)=O)C(=O)N[C@@H](CCC(N)=O)C(=O)N1CCC[C@H]1C(=O)NCC(=O)N[C@@H](Cc1ccccc1)C(=O)O. The average Bonchev–Trinajstić information content (AvgIpc) is 3.67. The summed E-state index contributed by atoms with van der Waals surface area (Å²) in [6.45, 7) is -0.407. The Hall–Kier alpha value is -6.65. The molecule has 1 aliphatic heterocycles. The Balaban J connectivity index is 2.24. The number of carbonyl (C=O) groups is 11. The molecule has 0 spiro atoms. The number of nitrogens with one attached hydrogen (secondary N) is 6. The minimum absolute atomic E-state index is 0.0145. The van der Waals surface area contributed by atoms with Gasteiger partial charge in [0, 0.05) is 39.2 Å². The average molecular weight is 833 g/mol. The standard InChI is InChI=1S/C36H52N10O13/c1-19(48)41-25(18-47)33(55)44-21(9-12-27(37)49)31(53)43-22(10-13-28(38)50)32(54)45-23(11-14-29(39)51)35(57)46-15-5-8-26(46)34(56)40-17-30(52)42-24(36(58)59)16-20-6-3-2-4-7-20/h2-4,6-7,21-26,47H,5,8-18H2,1H3,(H2,37,49)(H2,38,50)(H2,39,51)(H,40,56)(H,41,48)(H,42,52)(H,43,53)(H,44,55)(H,45,54)(H,58,59)/t21-,22-,23-,24-,25-,26-/m0/s1. The van der Waals surface area contributed by atoms with Gasteiger partial charge in [0.1, 0.15) is 36.3 Å². The largest absolute Gasteiger partial charge is 0.480 e. The van der Waals surface area contributed by atoms with Crippen molar-refractivity contribution in [3.05, 3.63) is 35.9 Å². The number of carboxylic acid groups (broad SMARTS) is 1. The van der Waals surface area contributed by atoms with Crippen LogP contribution in [-0.2, 0) is 59.2 Å². The maximum Gasteiger partial charge on any atom is 0.326 e. The predicted octanol–water partition coefficient (Wildman–Crippen LogP) is -5.35. The first-order valence-corrected chi connectivity index (χ1v) is 18.6. The number of carbonyl (C=O) groups excluding carboxylic acids is 10. The van der Waals surface area contributed by atoms with Crippen LogP contribution in [0.25, 0.3) is 0 Å². The fraction of sp³-hybridized carbons (Fsp3) is 0.528.